The van der Waals surface area contributed by atoms with Crippen molar-refractivity contribution >= 4 is 34.5 Å². The molecule has 0 aromatic carbocycles. The number of rotatable bonds is 5. The van der Waals surface area contributed by atoms with E-state index in [0.29, 0.717) is 41.4 Å². The van der Waals surface area contributed by atoms with Gasteiger partial charge in [0.25, 0.3) is 11.8 Å². The molecule has 3 aromatic heterocycles. The molecule has 27 heavy (non-hydrogen) atoms. The van der Waals surface area contributed by atoms with Crippen molar-refractivity contribution in [1.82, 2.24) is 20.6 Å². The van der Waals surface area contributed by atoms with Crippen LogP contribution in [0.5, 0.6) is 0 Å². The molecule has 0 fully saturated rings. The van der Waals surface area contributed by atoms with Crippen LogP contribution in [0.25, 0.3) is 0 Å². The second-order valence-electron chi connectivity index (χ2n) is 6.30. The number of aromatic nitrogens is 4. The Hall–Kier alpha value is -2.63. The monoisotopic (exact) mass is 403 g/mol. The highest BCUT2D eigenvalue weighted by atomic mass is 32.1. The average molecular weight is 403 g/mol. The molecule has 0 bridgehead atoms. The molecule has 1 aliphatic carbocycles. The summed E-state index contributed by atoms with van der Waals surface area (Å²) < 4.78 is 0. The fourth-order valence-electron chi connectivity index (χ4n) is 3.75. The summed E-state index contributed by atoms with van der Waals surface area (Å²) in [6.45, 7) is 0.344. The number of nitrogens with one attached hydrogen (secondary N) is 1. The number of aromatic amines is 1. The summed E-state index contributed by atoms with van der Waals surface area (Å²) in [5, 5.41) is 14.7. The fraction of sp³-hybridized carbons (Fsp3) is 0.312. The molecule has 0 aliphatic heterocycles. The van der Waals surface area contributed by atoms with Gasteiger partial charge in [-0.3, -0.25) is 9.59 Å². The number of hydrogen-bond acceptors (Lipinski definition) is 8. The molecule has 7 N–H and O–H groups in total. The van der Waals surface area contributed by atoms with Crippen LogP contribution in [0.4, 0.5) is 0 Å². The standard InChI is InChI=1S/C16H17N7O2S2/c17-4-3-16(15-20-22-23-21-15)7-5-11(13(18)24)26-9(7)1-2-10-8(16)6-12(27-10)14(19)25/h5-6H,1-4,17H2,(H2,18,24)(H2,19,25)(H,20,21,22,23). The van der Waals surface area contributed by atoms with E-state index in [-0.39, 0.29) is 0 Å². The number of thiophene rings is 2. The van der Waals surface area contributed by atoms with Gasteiger partial charge < -0.3 is 17.2 Å². The van der Waals surface area contributed by atoms with E-state index in [2.05, 4.69) is 20.6 Å². The van der Waals surface area contributed by atoms with E-state index in [0.717, 1.165) is 20.9 Å². The third-order valence-electron chi connectivity index (χ3n) is 4.85. The highest BCUT2D eigenvalue weighted by Crippen LogP contribution is 2.49. The van der Waals surface area contributed by atoms with Gasteiger partial charge in [-0.2, -0.15) is 5.21 Å². The zero-order valence-corrected chi connectivity index (χ0v) is 15.8. The Labute approximate surface area is 161 Å². The minimum absolute atomic E-state index is 0.344. The fourth-order valence-corrected chi connectivity index (χ4v) is 5.93. The van der Waals surface area contributed by atoms with Crippen LogP contribution in [0, 0.1) is 0 Å². The van der Waals surface area contributed by atoms with E-state index in [9.17, 15) is 9.59 Å². The lowest BCUT2D eigenvalue weighted by atomic mass is 9.72. The molecule has 3 aromatic rings. The van der Waals surface area contributed by atoms with E-state index in [1.165, 1.54) is 22.7 Å². The molecule has 11 heteroatoms. The lowest BCUT2D eigenvalue weighted by Gasteiger charge is -2.30. The minimum Gasteiger partial charge on any atom is -0.365 e. The number of nitrogens with two attached hydrogens (primary N) is 3. The third kappa shape index (κ3) is 2.66. The number of nitrogens with zero attached hydrogens (tertiary/aromatic N) is 3. The van der Waals surface area contributed by atoms with Crippen molar-refractivity contribution in [3.8, 4) is 0 Å². The molecule has 1 aliphatic rings. The van der Waals surface area contributed by atoms with Crippen molar-refractivity contribution < 1.29 is 9.59 Å². The number of hydrogen-bond donors (Lipinski definition) is 4. The van der Waals surface area contributed by atoms with E-state index in [4.69, 9.17) is 17.2 Å². The molecular formula is C16H17N7O2S2. The number of primary amides is 2. The highest BCUT2D eigenvalue weighted by Gasteiger charge is 2.46. The predicted molar refractivity (Wildman–Crippen MR) is 101 cm³/mol. The SMILES string of the molecule is NCCC1(c2nn[nH]n2)c2cc(C(N)=O)sc2CCc2sc(C(N)=O)cc21. The lowest BCUT2D eigenvalue weighted by Crippen LogP contribution is -2.34. The summed E-state index contributed by atoms with van der Waals surface area (Å²) in [6, 6.07) is 3.59. The van der Waals surface area contributed by atoms with E-state index in [1.54, 1.807) is 12.1 Å². The molecule has 0 atom stereocenters. The number of tetrazole rings is 1. The maximum Gasteiger partial charge on any atom is 0.258 e. The second kappa shape index (κ2) is 6.51. The molecule has 0 radical (unpaired) electrons. The highest BCUT2D eigenvalue weighted by molar-refractivity contribution is 7.15. The van der Waals surface area contributed by atoms with Crippen LogP contribution in [-0.2, 0) is 18.3 Å². The quantitative estimate of drug-likeness (QED) is 0.478. The van der Waals surface area contributed by atoms with Gasteiger partial charge in [-0.1, -0.05) is 5.21 Å². The first-order valence-electron chi connectivity index (χ1n) is 8.27. The summed E-state index contributed by atoms with van der Waals surface area (Å²) in [7, 11) is 0. The molecular weight excluding hydrogens is 386 g/mol. The molecule has 2 amide bonds. The van der Waals surface area contributed by atoms with Crippen LogP contribution < -0.4 is 17.2 Å². The maximum absolute atomic E-state index is 11.8. The van der Waals surface area contributed by atoms with E-state index in [1.807, 2.05) is 0 Å². The van der Waals surface area contributed by atoms with Gasteiger partial charge in [-0.15, -0.1) is 32.9 Å². The van der Waals surface area contributed by atoms with Crippen molar-refractivity contribution in [2.75, 3.05) is 6.54 Å². The minimum atomic E-state index is -0.822. The Morgan fingerprint density at radius 2 is 1.63 bits per heavy atom. The summed E-state index contributed by atoms with van der Waals surface area (Å²) in [5.41, 5.74) is 18.0. The molecule has 140 valence electrons. The number of carbonyl (C=O) groups excluding carboxylic acids is 2. The Bertz CT molecular complexity index is 962. The first kappa shape index (κ1) is 17.8. The van der Waals surface area contributed by atoms with Gasteiger partial charge in [0.2, 0.25) is 0 Å². The van der Waals surface area contributed by atoms with Crippen molar-refractivity contribution in [3.05, 3.63) is 48.6 Å². The van der Waals surface area contributed by atoms with Crippen LogP contribution in [0.3, 0.4) is 0 Å². The first-order valence-corrected chi connectivity index (χ1v) is 9.90. The number of H-pyrrole nitrogens is 1. The van der Waals surface area contributed by atoms with Gasteiger partial charge in [0.15, 0.2) is 5.82 Å². The Morgan fingerprint density at radius 1 is 1.07 bits per heavy atom. The Kier molecular flexibility index (Phi) is 4.29. The van der Waals surface area contributed by atoms with Gasteiger partial charge in [-0.05, 0) is 49.1 Å². The van der Waals surface area contributed by atoms with Crippen LogP contribution in [0.1, 0.15) is 52.5 Å². The van der Waals surface area contributed by atoms with E-state index >= 15 is 0 Å². The molecule has 0 saturated heterocycles. The largest absolute Gasteiger partial charge is 0.365 e. The summed E-state index contributed by atoms with van der Waals surface area (Å²) in [4.78, 5) is 26.6. The topological polar surface area (TPSA) is 167 Å². The molecule has 9 nitrogen and oxygen atoms in total. The van der Waals surface area contributed by atoms with Crippen molar-refractivity contribution in [3.63, 3.8) is 0 Å². The van der Waals surface area contributed by atoms with Crippen molar-refractivity contribution in [2.45, 2.75) is 24.7 Å². The van der Waals surface area contributed by atoms with Gasteiger partial charge in [-0.25, -0.2) is 0 Å². The maximum atomic E-state index is 11.8. The smallest absolute Gasteiger partial charge is 0.258 e. The normalized spacial score (nSPS) is 15.0. The first-order chi connectivity index (χ1) is 13.0. The number of aryl methyl sites for hydroxylation is 2. The van der Waals surface area contributed by atoms with Crippen LogP contribution in [-0.4, -0.2) is 39.0 Å². The average Bonchev–Trinajstić information content (AvgIpc) is 3.36. The number of carbonyl (C=O) groups is 2. The summed E-state index contributed by atoms with van der Waals surface area (Å²) in [6.07, 6.45) is 1.91. The predicted octanol–water partition coefficient (Wildman–Crippen LogP) is 0.302. The molecule has 4 rings (SSSR count). The van der Waals surface area contributed by atoms with Gasteiger partial charge in [0, 0.05) is 9.75 Å². The van der Waals surface area contributed by atoms with Crippen LogP contribution >= 0.6 is 22.7 Å². The van der Waals surface area contributed by atoms with Gasteiger partial charge >= 0.3 is 0 Å². The van der Waals surface area contributed by atoms with Crippen molar-refractivity contribution in [2.24, 2.45) is 17.2 Å². The Balaban J connectivity index is 2.06. The zero-order valence-electron chi connectivity index (χ0n) is 14.2. The lowest BCUT2D eigenvalue weighted by molar-refractivity contribution is 0.0995. The number of amides is 2. The Morgan fingerprint density at radius 3 is 2.04 bits per heavy atom. The summed E-state index contributed by atoms with van der Waals surface area (Å²) in [5.74, 6) is -0.516. The van der Waals surface area contributed by atoms with Crippen molar-refractivity contribution in [1.29, 1.82) is 0 Å². The van der Waals surface area contributed by atoms with Crippen LogP contribution in [0.15, 0.2) is 12.1 Å². The molecule has 0 unspecified atom stereocenters. The molecule has 0 spiro atoms. The second-order valence-corrected chi connectivity index (χ2v) is 8.58. The molecule has 0 saturated carbocycles. The molecule has 3 heterocycles. The van der Waals surface area contributed by atoms with Crippen LogP contribution in [0.2, 0.25) is 0 Å². The zero-order chi connectivity index (χ0) is 19.2. The van der Waals surface area contributed by atoms with E-state index < -0.39 is 17.2 Å². The number of fused-ring (bicyclic) bond motifs is 2. The van der Waals surface area contributed by atoms with Gasteiger partial charge in [0.05, 0.1) is 15.2 Å². The third-order valence-corrected chi connectivity index (χ3v) is 7.27. The van der Waals surface area contributed by atoms with Gasteiger partial charge in [0.1, 0.15) is 0 Å². The summed E-state index contributed by atoms with van der Waals surface area (Å²) >= 11 is 2.76.